The van der Waals surface area contributed by atoms with E-state index in [1.54, 1.807) is 0 Å². The predicted molar refractivity (Wildman–Crippen MR) is 126 cm³/mol. The summed E-state index contributed by atoms with van der Waals surface area (Å²) in [5.41, 5.74) is 1.07. The molecule has 11 heteroatoms. The lowest BCUT2D eigenvalue weighted by atomic mass is 10.1. The molecule has 0 saturated heterocycles. The van der Waals surface area contributed by atoms with Crippen molar-refractivity contribution in [1.29, 1.82) is 0 Å². The van der Waals surface area contributed by atoms with Crippen molar-refractivity contribution in [2.24, 2.45) is 14.1 Å². The first-order chi connectivity index (χ1) is 15.1. The van der Waals surface area contributed by atoms with Gasteiger partial charge in [-0.3, -0.25) is 13.9 Å². The zero-order valence-electron chi connectivity index (χ0n) is 18.1. The number of fused-ring (bicyclic) bond motifs is 1. The summed E-state index contributed by atoms with van der Waals surface area (Å²) in [5.74, 6) is 0. The second kappa shape index (κ2) is 8.06. The van der Waals surface area contributed by atoms with Crippen molar-refractivity contribution in [2.45, 2.75) is 18.6 Å². The molecule has 0 bridgehead atoms. The summed E-state index contributed by atoms with van der Waals surface area (Å²) in [4.78, 5) is 31.6. The molecule has 3 aromatic heterocycles. The van der Waals surface area contributed by atoms with Crippen LogP contribution in [0, 0.1) is 0 Å². The Hall–Kier alpha value is -3.18. The number of aromatic nitrogens is 4. The Morgan fingerprint density at radius 1 is 1.09 bits per heavy atom. The maximum atomic E-state index is 12.9. The molecule has 168 valence electrons. The molecule has 32 heavy (non-hydrogen) atoms. The van der Waals surface area contributed by atoms with Crippen LogP contribution in [0.4, 0.5) is 5.69 Å². The summed E-state index contributed by atoms with van der Waals surface area (Å²) in [6, 6.07) is 12.0. The molecule has 0 unspecified atom stereocenters. The van der Waals surface area contributed by atoms with Crippen molar-refractivity contribution in [3.8, 4) is 10.4 Å². The molecule has 0 aliphatic carbocycles. The number of anilines is 1. The fraction of sp³-hybridized carbons (Fsp3) is 0.286. The predicted octanol–water partition coefficient (Wildman–Crippen LogP) is 2.05. The molecule has 9 nitrogen and oxygen atoms in total. The number of aryl methyl sites for hydroxylation is 1. The van der Waals surface area contributed by atoms with E-state index in [-0.39, 0.29) is 22.9 Å². The maximum absolute atomic E-state index is 12.9. The molecule has 0 aliphatic heterocycles. The van der Waals surface area contributed by atoms with Crippen LogP contribution in [0.25, 0.3) is 21.6 Å². The van der Waals surface area contributed by atoms with E-state index < -0.39 is 21.1 Å². The minimum atomic E-state index is -3.68. The molecular formula is C21H23N5O4S2. The summed E-state index contributed by atoms with van der Waals surface area (Å²) in [6.45, 7) is 3.03. The van der Waals surface area contributed by atoms with Crippen LogP contribution in [-0.2, 0) is 30.5 Å². The molecule has 1 aromatic carbocycles. The number of sulfone groups is 1. The Labute approximate surface area is 188 Å². The third-order valence-electron chi connectivity index (χ3n) is 5.15. The van der Waals surface area contributed by atoms with Crippen molar-refractivity contribution in [3.63, 3.8) is 0 Å². The smallest absolute Gasteiger partial charge is 0.332 e. The third-order valence-corrected chi connectivity index (χ3v) is 7.30. The summed E-state index contributed by atoms with van der Waals surface area (Å²) >= 11 is 1.52. The average Bonchev–Trinajstić information content (AvgIpc) is 3.34. The van der Waals surface area contributed by atoms with E-state index in [9.17, 15) is 18.0 Å². The average molecular weight is 474 g/mol. The van der Waals surface area contributed by atoms with E-state index in [0.29, 0.717) is 0 Å². The van der Waals surface area contributed by atoms with Crippen LogP contribution in [0.2, 0.25) is 0 Å². The van der Waals surface area contributed by atoms with Crippen molar-refractivity contribution < 1.29 is 8.42 Å². The van der Waals surface area contributed by atoms with Gasteiger partial charge in [0, 0.05) is 42.3 Å². The number of thiophene rings is 1. The Bertz CT molecular complexity index is 1560. The van der Waals surface area contributed by atoms with Gasteiger partial charge in [-0.1, -0.05) is 12.1 Å². The van der Waals surface area contributed by atoms with E-state index in [2.05, 4.69) is 16.4 Å². The number of imidazole rings is 1. The van der Waals surface area contributed by atoms with Gasteiger partial charge in [-0.15, -0.1) is 11.3 Å². The number of benzene rings is 1. The van der Waals surface area contributed by atoms with Gasteiger partial charge in [-0.25, -0.2) is 13.2 Å². The third kappa shape index (κ3) is 3.78. The number of rotatable bonds is 6. The van der Waals surface area contributed by atoms with Crippen molar-refractivity contribution in [3.05, 3.63) is 62.1 Å². The molecule has 4 aromatic rings. The van der Waals surface area contributed by atoms with Crippen LogP contribution >= 0.6 is 11.3 Å². The summed E-state index contributed by atoms with van der Waals surface area (Å²) in [7, 11) is -0.848. The summed E-state index contributed by atoms with van der Waals surface area (Å²) in [6.07, 6.45) is 1.02. The lowest BCUT2D eigenvalue weighted by molar-refractivity contribution is 0.586. The first-order valence-corrected chi connectivity index (χ1v) is 12.6. The quantitative estimate of drug-likeness (QED) is 0.459. The van der Waals surface area contributed by atoms with Gasteiger partial charge in [0.15, 0.2) is 11.2 Å². The number of hydrogen-bond acceptors (Lipinski definition) is 7. The van der Waals surface area contributed by atoms with Crippen molar-refractivity contribution >= 4 is 38.0 Å². The first-order valence-electron chi connectivity index (χ1n) is 9.91. The number of nitrogens with zero attached hydrogens (tertiary/aromatic N) is 4. The van der Waals surface area contributed by atoms with E-state index in [1.807, 2.05) is 37.3 Å². The molecule has 0 saturated carbocycles. The lowest BCUT2D eigenvalue weighted by Gasteiger charge is -2.08. The SMILES string of the molecule is CCNc1cccc(-c2ccc(Cn3c(=O)n(C)c(=O)c4c3nc(S(C)(=O)=O)n4C)s2)c1. The Balaban J connectivity index is 1.82. The Kier molecular flexibility index (Phi) is 5.55. The minimum absolute atomic E-state index is 0.0603. The zero-order valence-corrected chi connectivity index (χ0v) is 19.7. The van der Waals surface area contributed by atoms with Gasteiger partial charge in [-0.2, -0.15) is 4.98 Å². The van der Waals surface area contributed by atoms with E-state index in [4.69, 9.17) is 0 Å². The highest BCUT2D eigenvalue weighted by molar-refractivity contribution is 7.90. The van der Waals surface area contributed by atoms with E-state index in [0.717, 1.165) is 38.4 Å². The highest BCUT2D eigenvalue weighted by Gasteiger charge is 2.23. The molecule has 0 amide bonds. The van der Waals surface area contributed by atoms with Crippen molar-refractivity contribution in [1.82, 2.24) is 18.7 Å². The molecule has 0 atom stereocenters. The zero-order chi connectivity index (χ0) is 23.2. The molecule has 1 N–H and O–H groups in total. The van der Waals surface area contributed by atoms with Gasteiger partial charge in [0.25, 0.3) is 5.56 Å². The first kappa shape index (κ1) is 22.0. The molecular weight excluding hydrogens is 450 g/mol. The fourth-order valence-corrected chi connectivity index (χ4v) is 5.48. The number of nitrogens with one attached hydrogen (secondary N) is 1. The van der Waals surface area contributed by atoms with Gasteiger partial charge in [0.05, 0.1) is 6.54 Å². The van der Waals surface area contributed by atoms with Crippen LogP contribution in [0.5, 0.6) is 0 Å². The molecule has 0 spiro atoms. The minimum Gasteiger partial charge on any atom is -0.385 e. The van der Waals surface area contributed by atoms with Crippen LogP contribution < -0.4 is 16.6 Å². The van der Waals surface area contributed by atoms with Gasteiger partial charge < -0.3 is 9.88 Å². The van der Waals surface area contributed by atoms with Crippen LogP contribution in [0.15, 0.2) is 51.1 Å². The largest absolute Gasteiger partial charge is 0.385 e. The van der Waals surface area contributed by atoms with Crippen LogP contribution in [-0.4, -0.2) is 39.9 Å². The normalized spacial score (nSPS) is 11.9. The molecule has 3 heterocycles. The fourth-order valence-electron chi connectivity index (χ4n) is 3.64. The molecule has 4 rings (SSSR count). The van der Waals surface area contributed by atoms with Gasteiger partial charge in [-0.05, 0) is 36.8 Å². The summed E-state index contributed by atoms with van der Waals surface area (Å²) < 4.78 is 27.8. The second-order valence-electron chi connectivity index (χ2n) is 7.51. The summed E-state index contributed by atoms with van der Waals surface area (Å²) in [5, 5.41) is 3.04. The highest BCUT2D eigenvalue weighted by Crippen LogP contribution is 2.30. The van der Waals surface area contributed by atoms with Gasteiger partial charge in [0.2, 0.25) is 15.0 Å². The van der Waals surface area contributed by atoms with Gasteiger partial charge in [0.1, 0.15) is 0 Å². The van der Waals surface area contributed by atoms with E-state index >= 15 is 0 Å². The Morgan fingerprint density at radius 2 is 1.84 bits per heavy atom. The molecule has 0 aliphatic rings. The van der Waals surface area contributed by atoms with E-state index in [1.165, 1.54) is 34.6 Å². The molecule has 0 radical (unpaired) electrons. The second-order valence-corrected chi connectivity index (χ2v) is 10.6. The Morgan fingerprint density at radius 3 is 2.53 bits per heavy atom. The maximum Gasteiger partial charge on any atom is 0.332 e. The topological polar surface area (TPSA) is 108 Å². The van der Waals surface area contributed by atoms with Crippen LogP contribution in [0.1, 0.15) is 11.8 Å². The van der Waals surface area contributed by atoms with Crippen molar-refractivity contribution in [2.75, 3.05) is 18.1 Å². The van der Waals surface area contributed by atoms with Crippen LogP contribution in [0.3, 0.4) is 0 Å². The molecule has 0 fully saturated rings. The lowest BCUT2D eigenvalue weighted by Crippen LogP contribution is -2.38. The number of hydrogen-bond donors (Lipinski definition) is 1. The monoisotopic (exact) mass is 473 g/mol. The highest BCUT2D eigenvalue weighted by atomic mass is 32.2. The van der Waals surface area contributed by atoms with Gasteiger partial charge >= 0.3 is 5.69 Å². The standard InChI is InChI=1S/C21H23N5O4S2/c1-5-22-14-8-6-7-13(11-14)16-10-9-15(31-16)12-26-18-17(19(27)25(3)21(26)28)24(2)20(23-18)32(4,29)30/h6-11,22H,5,12H2,1-4H3.